The first-order valence-corrected chi connectivity index (χ1v) is 7.00. The van der Waals surface area contributed by atoms with E-state index in [1.165, 1.54) is 0 Å². The Kier molecular flexibility index (Phi) is 6.43. The van der Waals surface area contributed by atoms with Crippen LogP contribution in [0, 0.1) is 0 Å². The highest BCUT2D eigenvalue weighted by Crippen LogP contribution is 2.26. The molecule has 0 atom stereocenters. The summed E-state index contributed by atoms with van der Waals surface area (Å²) in [6, 6.07) is 0.613. The highest BCUT2D eigenvalue weighted by atomic mass is 19.4. The fourth-order valence-corrected chi connectivity index (χ4v) is 2.84. The molecule has 0 amide bonds. The van der Waals surface area contributed by atoms with Crippen LogP contribution in [0.2, 0.25) is 0 Å². The summed E-state index contributed by atoms with van der Waals surface area (Å²) in [5.74, 6) is 0. The van der Waals surface area contributed by atoms with Gasteiger partial charge in [0.1, 0.15) is 0 Å². The van der Waals surface area contributed by atoms with Gasteiger partial charge in [0.25, 0.3) is 0 Å². The third kappa shape index (κ3) is 5.57. The molecule has 2 nitrogen and oxygen atoms in total. The van der Waals surface area contributed by atoms with Crippen LogP contribution in [0.4, 0.5) is 13.2 Å². The Morgan fingerprint density at radius 2 is 1.72 bits per heavy atom. The van der Waals surface area contributed by atoms with Crippen LogP contribution in [0.25, 0.3) is 0 Å². The van der Waals surface area contributed by atoms with Crippen LogP contribution in [0.15, 0.2) is 0 Å². The molecule has 1 saturated carbocycles. The minimum absolute atomic E-state index is 0.112. The summed E-state index contributed by atoms with van der Waals surface area (Å²) in [6.45, 7) is 4.75. The lowest BCUT2D eigenvalue weighted by Gasteiger charge is -2.37. The highest BCUT2D eigenvalue weighted by molar-refractivity contribution is 4.83. The molecular weight excluding hydrogens is 241 g/mol. The van der Waals surface area contributed by atoms with Crippen molar-refractivity contribution in [2.24, 2.45) is 0 Å². The fraction of sp³-hybridized carbons (Fsp3) is 1.00. The maximum Gasteiger partial charge on any atom is 0.401 e. The van der Waals surface area contributed by atoms with E-state index in [4.69, 9.17) is 0 Å². The predicted octanol–water partition coefficient (Wildman–Crippen LogP) is 3.18. The van der Waals surface area contributed by atoms with Gasteiger partial charge in [-0.2, -0.15) is 13.2 Å². The molecule has 0 spiro atoms. The Morgan fingerprint density at radius 3 is 2.17 bits per heavy atom. The number of alkyl halides is 3. The van der Waals surface area contributed by atoms with Gasteiger partial charge in [-0.1, -0.05) is 13.8 Å². The van der Waals surface area contributed by atoms with Crippen LogP contribution in [0.3, 0.4) is 0 Å². The van der Waals surface area contributed by atoms with Crippen molar-refractivity contribution in [3.05, 3.63) is 0 Å². The zero-order valence-electron chi connectivity index (χ0n) is 11.4. The lowest BCUT2D eigenvalue weighted by Crippen LogP contribution is -2.46. The first kappa shape index (κ1) is 15.8. The zero-order chi connectivity index (χ0) is 13.6. The molecule has 1 fully saturated rings. The van der Waals surface area contributed by atoms with Crippen molar-refractivity contribution >= 4 is 0 Å². The molecule has 1 rings (SSSR count). The second kappa shape index (κ2) is 7.34. The standard InChI is InChI=1S/C13H25F3N2/c1-3-9-18(10-13(14,15)16)12-7-5-11(6-8-12)17-4-2/h11-12,17H,3-10H2,1-2H3. The van der Waals surface area contributed by atoms with Gasteiger partial charge < -0.3 is 5.32 Å². The van der Waals surface area contributed by atoms with E-state index < -0.39 is 12.7 Å². The van der Waals surface area contributed by atoms with E-state index >= 15 is 0 Å². The van der Waals surface area contributed by atoms with Gasteiger partial charge in [-0.05, 0) is 45.2 Å². The van der Waals surface area contributed by atoms with Crippen LogP contribution in [-0.2, 0) is 0 Å². The molecular formula is C13H25F3N2. The molecule has 0 heterocycles. The summed E-state index contributed by atoms with van der Waals surface area (Å²) in [4.78, 5) is 1.63. The Hall–Kier alpha value is -0.290. The summed E-state index contributed by atoms with van der Waals surface area (Å²) < 4.78 is 37.6. The lowest BCUT2D eigenvalue weighted by atomic mass is 9.90. The molecule has 1 aliphatic carbocycles. The van der Waals surface area contributed by atoms with Gasteiger partial charge >= 0.3 is 6.18 Å². The van der Waals surface area contributed by atoms with E-state index in [1.54, 1.807) is 4.90 Å². The average molecular weight is 266 g/mol. The summed E-state index contributed by atoms with van der Waals surface area (Å²) in [5, 5.41) is 3.38. The van der Waals surface area contributed by atoms with Gasteiger partial charge in [0.2, 0.25) is 0 Å². The highest BCUT2D eigenvalue weighted by Gasteiger charge is 2.34. The van der Waals surface area contributed by atoms with Crippen molar-refractivity contribution in [2.45, 2.75) is 64.2 Å². The molecule has 0 bridgehead atoms. The molecule has 1 N–H and O–H groups in total. The lowest BCUT2D eigenvalue weighted by molar-refractivity contribution is -0.152. The fourth-order valence-electron chi connectivity index (χ4n) is 2.84. The van der Waals surface area contributed by atoms with E-state index in [0.717, 1.165) is 38.6 Å². The van der Waals surface area contributed by atoms with Gasteiger partial charge in [-0.25, -0.2) is 0 Å². The second-order valence-corrected chi connectivity index (χ2v) is 5.15. The monoisotopic (exact) mass is 266 g/mol. The van der Waals surface area contributed by atoms with Crippen molar-refractivity contribution in [3.8, 4) is 0 Å². The zero-order valence-corrected chi connectivity index (χ0v) is 11.4. The van der Waals surface area contributed by atoms with E-state index in [0.29, 0.717) is 12.6 Å². The molecule has 0 unspecified atom stereocenters. The smallest absolute Gasteiger partial charge is 0.314 e. The van der Waals surface area contributed by atoms with Crippen molar-refractivity contribution in [1.29, 1.82) is 0 Å². The van der Waals surface area contributed by atoms with Crippen LogP contribution < -0.4 is 5.32 Å². The number of nitrogens with zero attached hydrogens (tertiary/aromatic N) is 1. The minimum Gasteiger partial charge on any atom is -0.314 e. The largest absolute Gasteiger partial charge is 0.401 e. The summed E-state index contributed by atoms with van der Waals surface area (Å²) in [7, 11) is 0. The third-order valence-electron chi connectivity index (χ3n) is 3.60. The quantitative estimate of drug-likeness (QED) is 0.794. The maximum absolute atomic E-state index is 12.5. The first-order valence-electron chi connectivity index (χ1n) is 7.00. The SMILES string of the molecule is CCCN(CC(F)(F)F)C1CCC(NCC)CC1. The number of nitrogens with one attached hydrogen (secondary N) is 1. The van der Waals surface area contributed by atoms with Crippen LogP contribution >= 0.6 is 0 Å². The van der Waals surface area contributed by atoms with Crippen molar-refractivity contribution in [2.75, 3.05) is 19.6 Å². The Morgan fingerprint density at radius 1 is 1.11 bits per heavy atom. The van der Waals surface area contributed by atoms with Gasteiger partial charge in [-0.15, -0.1) is 0 Å². The average Bonchev–Trinajstić information content (AvgIpc) is 2.28. The molecule has 0 aromatic rings. The minimum atomic E-state index is -4.08. The molecule has 0 radical (unpaired) electrons. The number of rotatable bonds is 6. The van der Waals surface area contributed by atoms with E-state index in [1.807, 2.05) is 6.92 Å². The number of hydrogen-bond acceptors (Lipinski definition) is 2. The van der Waals surface area contributed by atoms with Crippen molar-refractivity contribution in [1.82, 2.24) is 10.2 Å². The molecule has 18 heavy (non-hydrogen) atoms. The third-order valence-corrected chi connectivity index (χ3v) is 3.60. The van der Waals surface area contributed by atoms with Crippen LogP contribution in [0.1, 0.15) is 46.0 Å². The summed E-state index contributed by atoms with van der Waals surface area (Å²) in [5.41, 5.74) is 0. The van der Waals surface area contributed by atoms with Gasteiger partial charge in [0, 0.05) is 12.1 Å². The summed E-state index contributed by atoms with van der Waals surface area (Å²) >= 11 is 0. The van der Waals surface area contributed by atoms with Crippen molar-refractivity contribution in [3.63, 3.8) is 0 Å². The topological polar surface area (TPSA) is 15.3 Å². The molecule has 0 aliphatic heterocycles. The second-order valence-electron chi connectivity index (χ2n) is 5.15. The molecule has 1 aliphatic rings. The van der Waals surface area contributed by atoms with Crippen molar-refractivity contribution < 1.29 is 13.2 Å². The molecule has 0 saturated heterocycles. The number of halogens is 3. The molecule has 5 heteroatoms. The molecule has 0 aromatic heterocycles. The Balaban J connectivity index is 2.45. The molecule has 0 aromatic carbocycles. The normalized spacial score (nSPS) is 25.7. The maximum atomic E-state index is 12.5. The summed E-state index contributed by atoms with van der Waals surface area (Å²) in [6.07, 6.45) is 0.464. The van der Waals surface area contributed by atoms with Crippen LogP contribution in [0.5, 0.6) is 0 Å². The van der Waals surface area contributed by atoms with Crippen LogP contribution in [-0.4, -0.2) is 42.8 Å². The van der Waals surface area contributed by atoms with E-state index in [2.05, 4.69) is 12.2 Å². The molecule has 108 valence electrons. The van der Waals surface area contributed by atoms with Gasteiger partial charge in [-0.3, -0.25) is 4.90 Å². The first-order chi connectivity index (χ1) is 8.46. The number of hydrogen-bond donors (Lipinski definition) is 1. The van der Waals surface area contributed by atoms with E-state index in [-0.39, 0.29) is 6.04 Å². The van der Waals surface area contributed by atoms with E-state index in [9.17, 15) is 13.2 Å². The van der Waals surface area contributed by atoms with Gasteiger partial charge in [0.15, 0.2) is 0 Å². The van der Waals surface area contributed by atoms with Gasteiger partial charge in [0.05, 0.1) is 6.54 Å². The Bertz CT molecular complexity index is 223. The predicted molar refractivity (Wildman–Crippen MR) is 67.6 cm³/mol. The Labute approximate surface area is 108 Å².